The minimum absolute atomic E-state index is 0.0499. The van der Waals surface area contributed by atoms with Crippen molar-refractivity contribution < 1.29 is 14.4 Å². The largest absolute Gasteiger partial charge is 0.293 e. The molecular formula is C28H24N2O3. The Balaban J connectivity index is 1.67. The predicted molar refractivity (Wildman–Crippen MR) is 124 cm³/mol. The maximum absolute atomic E-state index is 14.3. The van der Waals surface area contributed by atoms with Gasteiger partial charge in [0.2, 0.25) is 5.91 Å². The number of hydrazine groups is 1. The van der Waals surface area contributed by atoms with E-state index < -0.39 is 17.5 Å². The summed E-state index contributed by atoms with van der Waals surface area (Å²) in [4.78, 5) is 41.8. The predicted octanol–water partition coefficient (Wildman–Crippen LogP) is 4.61. The van der Waals surface area contributed by atoms with Crippen LogP contribution in [-0.2, 0) is 4.79 Å². The fraction of sp³-hybridized carbons (Fsp3) is 0.250. The molecular weight excluding hydrogens is 412 g/mol. The molecule has 1 spiro atoms. The van der Waals surface area contributed by atoms with Crippen LogP contribution in [0.5, 0.6) is 0 Å². The third-order valence-corrected chi connectivity index (χ3v) is 7.45. The monoisotopic (exact) mass is 436 g/mol. The van der Waals surface area contributed by atoms with Gasteiger partial charge in [-0.25, -0.2) is 5.01 Å². The molecule has 0 N–H and O–H groups in total. The Bertz CT molecular complexity index is 1270. The number of amides is 1. The van der Waals surface area contributed by atoms with E-state index in [9.17, 15) is 14.4 Å². The molecule has 2 atom stereocenters. The van der Waals surface area contributed by atoms with Crippen LogP contribution in [0.3, 0.4) is 0 Å². The molecule has 0 unspecified atom stereocenters. The van der Waals surface area contributed by atoms with Gasteiger partial charge >= 0.3 is 0 Å². The van der Waals surface area contributed by atoms with E-state index in [0.717, 1.165) is 22.3 Å². The molecule has 3 aromatic rings. The molecule has 2 fully saturated rings. The quantitative estimate of drug-likeness (QED) is 0.551. The van der Waals surface area contributed by atoms with Crippen molar-refractivity contribution in [3.63, 3.8) is 0 Å². The molecule has 2 heterocycles. The molecule has 0 bridgehead atoms. The van der Waals surface area contributed by atoms with Crippen molar-refractivity contribution in [3.05, 3.63) is 106 Å². The molecule has 2 aliphatic heterocycles. The van der Waals surface area contributed by atoms with Crippen LogP contribution in [0, 0.1) is 19.3 Å². The van der Waals surface area contributed by atoms with Crippen LogP contribution in [0.15, 0.2) is 72.8 Å². The summed E-state index contributed by atoms with van der Waals surface area (Å²) in [6.45, 7) is 4.49. The maximum atomic E-state index is 14.3. The summed E-state index contributed by atoms with van der Waals surface area (Å²) in [5.41, 5.74) is 3.34. The van der Waals surface area contributed by atoms with Crippen molar-refractivity contribution in [2.45, 2.75) is 32.4 Å². The van der Waals surface area contributed by atoms with Gasteiger partial charge in [-0.15, -0.1) is 0 Å². The second-order valence-corrected chi connectivity index (χ2v) is 9.35. The second kappa shape index (κ2) is 6.96. The van der Waals surface area contributed by atoms with Gasteiger partial charge < -0.3 is 0 Å². The zero-order chi connectivity index (χ0) is 22.9. The van der Waals surface area contributed by atoms with Crippen LogP contribution in [0.4, 0.5) is 0 Å². The average Bonchev–Trinajstić information content (AvgIpc) is 3.41. The van der Waals surface area contributed by atoms with Crippen molar-refractivity contribution in [1.82, 2.24) is 10.0 Å². The molecule has 33 heavy (non-hydrogen) atoms. The molecule has 0 radical (unpaired) electrons. The van der Waals surface area contributed by atoms with E-state index in [1.807, 2.05) is 67.4 Å². The second-order valence-electron chi connectivity index (χ2n) is 9.35. The zero-order valence-electron chi connectivity index (χ0n) is 18.6. The van der Waals surface area contributed by atoms with Gasteiger partial charge in [0.15, 0.2) is 11.6 Å². The molecule has 5 heteroatoms. The van der Waals surface area contributed by atoms with E-state index in [-0.39, 0.29) is 17.5 Å². The minimum atomic E-state index is -1.43. The summed E-state index contributed by atoms with van der Waals surface area (Å²) >= 11 is 0. The molecule has 2 saturated heterocycles. The molecule has 1 aliphatic carbocycles. The molecule has 164 valence electrons. The smallest absolute Gasteiger partial charge is 0.238 e. The Morgan fingerprint density at radius 2 is 1.18 bits per heavy atom. The number of hydrogen-bond donors (Lipinski definition) is 0. The highest BCUT2D eigenvalue weighted by molar-refractivity contribution is 6.31. The van der Waals surface area contributed by atoms with E-state index in [2.05, 4.69) is 0 Å². The number of fused-ring (bicyclic) bond motifs is 2. The number of carbonyl (C=O) groups excluding carboxylic acids is 3. The van der Waals surface area contributed by atoms with Gasteiger partial charge in [-0.1, -0.05) is 83.9 Å². The lowest BCUT2D eigenvalue weighted by Gasteiger charge is -2.34. The van der Waals surface area contributed by atoms with Gasteiger partial charge in [-0.05, 0) is 25.0 Å². The summed E-state index contributed by atoms with van der Waals surface area (Å²) in [5, 5.41) is 3.68. The van der Waals surface area contributed by atoms with E-state index >= 15 is 0 Å². The number of aryl methyl sites for hydroxylation is 2. The van der Waals surface area contributed by atoms with Gasteiger partial charge in [-0.2, -0.15) is 0 Å². The summed E-state index contributed by atoms with van der Waals surface area (Å²) < 4.78 is 0. The lowest BCUT2D eigenvalue weighted by molar-refractivity contribution is -0.138. The Hall–Kier alpha value is -3.57. The lowest BCUT2D eigenvalue weighted by Crippen LogP contribution is -2.44. The zero-order valence-corrected chi connectivity index (χ0v) is 18.6. The van der Waals surface area contributed by atoms with Crippen LogP contribution < -0.4 is 0 Å². The first kappa shape index (κ1) is 20.1. The molecule has 0 saturated carbocycles. The van der Waals surface area contributed by atoms with Gasteiger partial charge in [0, 0.05) is 24.1 Å². The SMILES string of the molecule is Cc1ccc([C@@H]2N3CCC(=O)N3[C@H](c3ccc(C)cc3)C23C(=O)c2ccccc2C3=O)cc1. The fourth-order valence-corrected chi connectivity index (χ4v) is 5.96. The van der Waals surface area contributed by atoms with Gasteiger partial charge in [0.1, 0.15) is 5.41 Å². The van der Waals surface area contributed by atoms with E-state index in [1.54, 1.807) is 29.3 Å². The first-order chi connectivity index (χ1) is 15.9. The molecule has 3 aliphatic rings. The fourth-order valence-electron chi connectivity index (χ4n) is 5.96. The standard InChI is InChI=1S/C28H24N2O3/c1-17-7-11-19(12-8-17)24-28(26(32)21-5-3-4-6-22(21)27(28)33)25(20-13-9-18(2)10-14-20)30-23(31)15-16-29(24)30/h3-14,24-25H,15-16H2,1-2H3/t24-,25+/m0/s1. The number of hydrogen-bond acceptors (Lipinski definition) is 4. The normalized spacial score (nSPS) is 23.5. The highest BCUT2D eigenvalue weighted by Gasteiger charge is 2.72. The minimum Gasteiger partial charge on any atom is -0.293 e. The average molecular weight is 437 g/mol. The highest BCUT2D eigenvalue weighted by Crippen LogP contribution is 2.63. The Morgan fingerprint density at radius 1 is 0.697 bits per heavy atom. The number of benzene rings is 3. The molecule has 6 rings (SSSR count). The first-order valence-electron chi connectivity index (χ1n) is 11.3. The lowest BCUT2D eigenvalue weighted by atomic mass is 9.66. The van der Waals surface area contributed by atoms with E-state index in [1.165, 1.54) is 0 Å². The topological polar surface area (TPSA) is 57.7 Å². The summed E-state index contributed by atoms with van der Waals surface area (Å²) in [6.07, 6.45) is 0.371. The van der Waals surface area contributed by atoms with Crippen LogP contribution >= 0.6 is 0 Å². The third-order valence-electron chi connectivity index (χ3n) is 7.45. The molecule has 3 aromatic carbocycles. The number of ketones is 2. The highest BCUT2D eigenvalue weighted by atomic mass is 16.2. The van der Waals surface area contributed by atoms with E-state index in [4.69, 9.17) is 0 Å². The van der Waals surface area contributed by atoms with E-state index in [0.29, 0.717) is 24.1 Å². The Morgan fingerprint density at radius 3 is 1.70 bits per heavy atom. The van der Waals surface area contributed by atoms with Crippen LogP contribution in [0.25, 0.3) is 0 Å². The van der Waals surface area contributed by atoms with Crippen molar-refractivity contribution in [1.29, 1.82) is 0 Å². The first-order valence-corrected chi connectivity index (χ1v) is 11.3. The van der Waals surface area contributed by atoms with Crippen molar-refractivity contribution >= 4 is 17.5 Å². The van der Waals surface area contributed by atoms with Crippen molar-refractivity contribution in [2.75, 3.05) is 6.54 Å². The van der Waals surface area contributed by atoms with Gasteiger partial charge in [0.05, 0.1) is 12.1 Å². The summed E-state index contributed by atoms with van der Waals surface area (Å²) in [7, 11) is 0. The Kier molecular flexibility index (Phi) is 4.23. The molecule has 5 nitrogen and oxygen atoms in total. The number of nitrogens with zero attached hydrogens (tertiary/aromatic N) is 2. The number of Topliss-reactive ketones (excluding diaryl/α,β-unsaturated/α-hetero) is 2. The molecule has 1 amide bonds. The summed E-state index contributed by atoms with van der Waals surface area (Å²) in [5.74, 6) is -0.436. The number of rotatable bonds is 2. The van der Waals surface area contributed by atoms with Gasteiger partial charge in [0.25, 0.3) is 0 Å². The maximum Gasteiger partial charge on any atom is 0.238 e. The Labute approximate surface area is 192 Å². The third kappa shape index (κ3) is 2.54. The number of carbonyl (C=O) groups is 3. The van der Waals surface area contributed by atoms with Gasteiger partial charge in [-0.3, -0.25) is 19.4 Å². The van der Waals surface area contributed by atoms with Crippen LogP contribution in [-0.4, -0.2) is 34.0 Å². The molecule has 0 aromatic heterocycles. The van der Waals surface area contributed by atoms with Crippen molar-refractivity contribution in [2.24, 2.45) is 5.41 Å². The van der Waals surface area contributed by atoms with Crippen LogP contribution in [0.1, 0.15) is 61.5 Å². The van der Waals surface area contributed by atoms with Crippen LogP contribution in [0.2, 0.25) is 0 Å². The van der Waals surface area contributed by atoms with Crippen molar-refractivity contribution in [3.8, 4) is 0 Å². The summed E-state index contributed by atoms with van der Waals surface area (Å²) in [6, 6.07) is 21.7.